The third kappa shape index (κ3) is 2.04. The first kappa shape index (κ1) is 10.6. The lowest BCUT2D eigenvalue weighted by Crippen LogP contribution is -2.39. The normalized spacial score (nSPS) is 19.4. The van der Waals surface area contributed by atoms with Gasteiger partial charge in [-0.15, -0.1) is 0 Å². The van der Waals surface area contributed by atoms with Gasteiger partial charge in [0.2, 0.25) is 0 Å². The number of nitrogens with zero attached hydrogens (tertiary/aromatic N) is 1. The van der Waals surface area contributed by atoms with Crippen LogP contribution in [0.2, 0.25) is 0 Å². The summed E-state index contributed by atoms with van der Waals surface area (Å²) in [5.41, 5.74) is 0. The van der Waals surface area contributed by atoms with Gasteiger partial charge < -0.3 is 10.0 Å². The summed E-state index contributed by atoms with van der Waals surface area (Å²) < 4.78 is 25.1. The van der Waals surface area contributed by atoms with Crippen LogP contribution in [0.1, 0.15) is 6.42 Å². The van der Waals surface area contributed by atoms with Gasteiger partial charge in [0.05, 0.1) is 6.54 Å². The molecule has 1 aliphatic rings. The molecule has 0 bridgehead atoms. The smallest absolute Gasteiger partial charge is 0.382 e. The first-order valence-corrected chi connectivity index (χ1v) is 3.78. The van der Waals surface area contributed by atoms with E-state index in [4.69, 9.17) is 5.11 Å². The Morgan fingerprint density at radius 3 is 2.21 bits per heavy atom. The number of hydrogen-bond acceptors (Lipinski definition) is 3. The summed E-state index contributed by atoms with van der Waals surface area (Å²) >= 11 is 0. The SMILES string of the molecule is O=C(O)C(=O)C(=O)N1CCC(F)(F)C1. The van der Waals surface area contributed by atoms with E-state index in [-0.39, 0.29) is 6.54 Å². The molecule has 14 heavy (non-hydrogen) atoms. The van der Waals surface area contributed by atoms with Crippen LogP contribution in [0.25, 0.3) is 0 Å². The Hall–Kier alpha value is -1.53. The van der Waals surface area contributed by atoms with Crippen molar-refractivity contribution in [3.05, 3.63) is 0 Å². The fourth-order valence-electron chi connectivity index (χ4n) is 1.14. The van der Waals surface area contributed by atoms with Crippen LogP contribution in [-0.4, -0.2) is 46.7 Å². The highest BCUT2D eigenvalue weighted by atomic mass is 19.3. The number of amides is 1. The largest absolute Gasteiger partial charge is 0.475 e. The fraction of sp³-hybridized carbons (Fsp3) is 0.571. The molecule has 0 aliphatic carbocycles. The molecule has 1 heterocycles. The van der Waals surface area contributed by atoms with E-state index in [0.29, 0.717) is 4.90 Å². The second-order valence-corrected chi connectivity index (χ2v) is 2.97. The van der Waals surface area contributed by atoms with Gasteiger partial charge in [-0.3, -0.25) is 9.59 Å². The summed E-state index contributed by atoms with van der Waals surface area (Å²) in [6, 6.07) is 0. The molecule has 78 valence electrons. The minimum atomic E-state index is -3.02. The van der Waals surface area contributed by atoms with Crippen LogP contribution in [0.5, 0.6) is 0 Å². The first-order valence-electron chi connectivity index (χ1n) is 3.78. The molecule has 0 unspecified atom stereocenters. The number of hydrogen-bond donors (Lipinski definition) is 1. The molecule has 0 atom stereocenters. The topological polar surface area (TPSA) is 74.7 Å². The number of aliphatic carboxylic acids is 1. The van der Waals surface area contributed by atoms with E-state index in [2.05, 4.69) is 0 Å². The quantitative estimate of drug-likeness (QED) is 0.489. The van der Waals surface area contributed by atoms with Crippen molar-refractivity contribution in [3.8, 4) is 0 Å². The van der Waals surface area contributed by atoms with Crippen molar-refractivity contribution >= 4 is 17.7 Å². The maximum Gasteiger partial charge on any atom is 0.382 e. The Bertz CT molecular complexity index is 302. The van der Waals surface area contributed by atoms with Crippen molar-refractivity contribution in [1.29, 1.82) is 0 Å². The zero-order valence-corrected chi connectivity index (χ0v) is 7.00. The minimum absolute atomic E-state index is 0.287. The van der Waals surface area contributed by atoms with Gasteiger partial charge in [0, 0.05) is 13.0 Å². The van der Waals surface area contributed by atoms with Gasteiger partial charge in [-0.25, -0.2) is 13.6 Å². The Kier molecular flexibility index (Phi) is 2.50. The third-order valence-corrected chi connectivity index (χ3v) is 1.85. The van der Waals surface area contributed by atoms with Gasteiger partial charge in [0.25, 0.3) is 5.92 Å². The molecule has 7 heteroatoms. The maximum absolute atomic E-state index is 12.6. The van der Waals surface area contributed by atoms with E-state index in [0.717, 1.165) is 0 Å². The zero-order valence-electron chi connectivity index (χ0n) is 7.00. The molecule has 0 radical (unpaired) electrons. The lowest BCUT2D eigenvalue weighted by atomic mass is 10.3. The summed E-state index contributed by atoms with van der Waals surface area (Å²) in [6.45, 7) is -1.17. The van der Waals surface area contributed by atoms with Gasteiger partial charge in [-0.2, -0.15) is 0 Å². The van der Waals surface area contributed by atoms with E-state index >= 15 is 0 Å². The van der Waals surface area contributed by atoms with Crippen molar-refractivity contribution < 1.29 is 28.3 Å². The zero-order chi connectivity index (χ0) is 10.9. The number of rotatable bonds is 2. The molecule has 0 spiro atoms. The Balaban J connectivity index is 2.65. The standard InChI is InChI=1S/C7H7F2NO4/c8-7(9)1-2-10(3-7)5(12)4(11)6(13)14/h1-3H2,(H,13,14). The summed E-state index contributed by atoms with van der Waals surface area (Å²) in [4.78, 5) is 32.2. The van der Waals surface area contributed by atoms with E-state index in [1.807, 2.05) is 0 Å². The predicted molar refractivity (Wildman–Crippen MR) is 38.8 cm³/mol. The average molecular weight is 207 g/mol. The van der Waals surface area contributed by atoms with E-state index in [1.54, 1.807) is 0 Å². The van der Waals surface area contributed by atoms with E-state index < -0.39 is 36.5 Å². The van der Waals surface area contributed by atoms with Gasteiger partial charge in [-0.05, 0) is 0 Å². The molecule has 1 aliphatic heterocycles. The number of carboxylic acid groups (broad SMARTS) is 1. The van der Waals surface area contributed by atoms with Crippen molar-refractivity contribution in [1.82, 2.24) is 4.90 Å². The Morgan fingerprint density at radius 1 is 1.29 bits per heavy atom. The number of carbonyl (C=O) groups is 3. The molecule has 0 aromatic heterocycles. The van der Waals surface area contributed by atoms with Crippen LogP contribution in [-0.2, 0) is 14.4 Å². The summed E-state index contributed by atoms with van der Waals surface area (Å²) in [5, 5.41) is 8.16. The van der Waals surface area contributed by atoms with Crippen LogP contribution in [0.4, 0.5) is 8.78 Å². The maximum atomic E-state index is 12.6. The molecule has 1 rings (SSSR count). The summed E-state index contributed by atoms with van der Waals surface area (Å²) in [6.07, 6.45) is -0.536. The lowest BCUT2D eigenvalue weighted by Gasteiger charge is -2.13. The van der Waals surface area contributed by atoms with Gasteiger partial charge in [0.1, 0.15) is 0 Å². The second-order valence-electron chi connectivity index (χ2n) is 2.97. The number of likely N-dealkylation sites (tertiary alicyclic amines) is 1. The molecule has 1 amide bonds. The Labute approximate surface area is 77.3 Å². The first-order chi connectivity index (χ1) is 6.33. The third-order valence-electron chi connectivity index (χ3n) is 1.85. The van der Waals surface area contributed by atoms with Crippen molar-refractivity contribution in [2.45, 2.75) is 12.3 Å². The van der Waals surface area contributed by atoms with Crippen LogP contribution in [0, 0.1) is 0 Å². The molecule has 0 aromatic carbocycles. The van der Waals surface area contributed by atoms with Gasteiger partial charge >= 0.3 is 17.7 Å². The van der Waals surface area contributed by atoms with Crippen LogP contribution in [0.15, 0.2) is 0 Å². The molecule has 1 N–H and O–H groups in total. The average Bonchev–Trinajstić information content (AvgIpc) is 2.43. The van der Waals surface area contributed by atoms with Crippen LogP contribution < -0.4 is 0 Å². The van der Waals surface area contributed by atoms with Crippen LogP contribution in [0.3, 0.4) is 0 Å². The number of ketones is 1. The monoisotopic (exact) mass is 207 g/mol. The molecular formula is C7H7F2NO4. The predicted octanol–water partition coefficient (Wildman–Crippen LogP) is -0.492. The summed E-state index contributed by atoms with van der Waals surface area (Å²) in [5.74, 6) is -8.00. The lowest BCUT2D eigenvalue weighted by molar-refractivity contribution is -0.156. The van der Waals surface area contributed by atoms with Crippen LogP contribution >= 0.6 is 0 Å². The molecule has 5 nitrogen and oxygen atoms in total. The highest BCUT2D eigenvalue weighted by Crippen LogP contribution is 2.26. The molecule has 1 fully saturated rings. The van der Waals surface area contributed by atoms with E-state index in [9.17, 15) is 23.2 Å². The highest BCUT2D eigenvalue weighted by Gasteiger charge is 2.42. The highest BCUT2D eigenvalue weighted by molar-refractivity contribution is 6.61. The van der Waals surface area contributed by atoms with Gasteiger partial charge in [0.15, 0.2) is 0 Å². The Morgan fingerprint density at radius 2 is 1.86 bits per heavy atom. The van der Waals surface area contributed by atoms with Gasteiger partial charge in [-0.1, -0.05) is 0 Å². The molecule has 0 aromatic rings. The second kappa shape index (κ2) is 3.32. The number of carboxylic acids is 1. The van der Waals surface area contributed by atoms with E-state index in [1.165, 1.54) is 0 Å². The molecule has 1 saturated heterocycles. The van der Waals surface area contributed by atoms with Crippen molar-refractivity contribution in [3.63, 3.8) is 0 Å². The number of halogens is 2. The van der Waals surface area contributed by atoms with Crippen molar-refractivity contribution in [2.24, 2.45) is 0 Å². The fourth-order valence-corrected chi connectivity index (χ4v) is 1.14. The number of carbonyl (C=O) groups excluding carboxylic acids is 2. The molecular weight excluding hydrogens is 200 g/mol. The summed E-state index contributed by atoms with van der Waals surface area (Å²) in [7, 11) is 0. The van der Waals surface area contributed by atoms with Crippen molar-refractivity contribution in [2.75, 3.05) is 13.1 Å². The number of alkyl halides is 2. The number of Topliss-reactive ketones (excluding diaryl/α,β-unsaturated/α-hetero) is 1. The minimum Gasteiger partial charge on any atom is -0.475 e. The molecule has 0 saturated carbocycles.